The van der Waals surface area contributed by atoms with Gasteiger partial charge in [-0.2, -0.15) is 0 Å². The van der Waals surface area contributed by atoms with Gasteiger partial charge in [-0.05, 0) is 42.2 Å². The highest BCUT2D eigenvalue weighted by Crippen LogP contribution is 2.18. The van der Waals surface area contributed by atoms with Crippen LogP contribution in [-0.4, -0.2) is 42.5 Å². The number of amides is 2. The van der Waals surface area contributed by atoms with Gasteiger partial charge in [0.05, 0.1) is 17.5 Å². The van der Waals surface area contributed by atoms with E-state index in [9.17, 15) is 9.59 Å². The Morgan fingerprint density at radius 3 is 2.77 bits per heavy atom. The van der Waals surface area contributed by atoms with Gasteiger partial charge in [0.15, 0.2) is 0 Å². The maximum atomic E-state index is 12.7. The van der Waals surface area contributed by atoms with Gasteiger partial charge in [0, 0.05) is 31.0 Å². The molecule has 0 radical (unpaired) electrons. The lowest BCUT2D eigenvalue weighted by molar-refractivity contribution is -0.133. The van der Waals surface area contributed by atoms with Crippen LogP contribution in [0.15, 0.2) is 35.0 Å². The average Bonchev–Trinajstić information content (AvgIpc) is 3.41. The molecule has 0 aliphatic carbocycles. The molecule has 1 N–H and O–H groups in total. The van der Waals surface area contributed by atoms with Gasteiger partial charge >= 0.3 is 0 Å². The number of carbonyl (C=O) groups excluding carboxylic acids is 2. The van der Waals surface area contributed by atoms with E-state index in [1.54, 1.807) is 17.4 Å². The van der Waals surface area contributed by atoms with Crippen LogP contribution in [0, 0.1) is 0 Å². The molecule has 7 heteroatoms. The summed E-state index contributed by atoms with van der Waals surface area (Å²) in [6, 6.07) is 7.72. The SMILES string of the molecule is O=C(NCCCC(=O)N(Cc1cccs1)CC1CCCO1)c1cccs1. The van der Waals surface area contributed by atoms with Gasteiger partial charge in [0.2, 0.25) is 5.91 Å². The largest absolute Gasteiger partial charge is 0.376 e. The van der Waals surface area contributed by atoms with E-state index < -0.39 is 0 Å². The lowest BCUT2D eigenvalue weighted by atomic mass is 10.2. The summed E-state index contributed by atoms with van der Waals surface area (Å²) in [6.07, 6.45) is 3.31. The first kappa shape index (κ1) is 19.1. The van der Waals surface area contributed by atoms with E-state index in [2.05, 4.69) is 11.4 Å². The predicted octanol–water partition coefficient (Wildman–Crippen LogP) is 3.53. The first-order valence-electron chi connectivity index (χ1n) is 8.96. The maximum absolute atomic E-state index is 12.7. The molecule has 2 aromatic rings. The molecule has 2 aromatic heterocycles. The highest BCUT2D eigenvalue weighted by molar-refractivity contribution is 7.12. The van der Waals surface area contributed by atoms with Gasteiger partial charge in [-0.3, -0.25) is 9.59 Å². The minimum absolute atomic E-state index is 0.0674. The number of carbonyl (C=O) groups is 2. The van der Waals surface area contributed by atoms with Crippen LogP contribution >= 0.6 is 22.7 Å². The molecular formula is C19H24N2O3S2. The Morgan fingerprint density at radius 1 is 1.23 bits per heavy atom. The molecule has 1 atom stereocenters. The number of hydrogen-bond acceptors (Lipinski definition) is 5. The van der Waals surface area contributed by atoms with E-state index in [0.29, 0.717) is 37.4 Å². The Labute approximate surface area is 162 Å². The molecule has 3 rings (SSSR count). The van der Waals surface area contributed by atoms with Crippen molar-refractivity contribution in [2.24, 2.45) is 0 Å². The number of rotatable bonds is 9. The molecule has 1 saturated heterocycles. The van der Waals surface area contributed by atoms with Crippen LogP contribution in [0.5, 0.6) is 0 Å². The van der Waals surface area contributed by atoms with Crippen molar-refractivity contribution < 1.29 is 14.3 Å². The van der Waals surface area contributed by atoms with Gasteiger partial charge in [-0.15, -0.1) is 22.7 Å². The summed E-state index contributed by atoms with van der Waals surface area (Å²) in [6.45, 7) is 2.59. The van der Waals surface area contributed by atoms with Crippen LogP contribution < -0.4 is 5.32 Å². The minimum atomic E-state index is -0.0674. The Bertz CT molecular complexity index is 680. The quantitative estimate of drug-likeness (QED) is 0.664. The fourth-order valence-electron chi connectivity index (χ4n) is 2.97. The Kier molecular flexibility index (Phi) is 7.22. The molecule has 26 heavy (non-hydrogen) atoms. The number of hydrogen-bond donors (Lipinski definition) is 1. The zero-order chi connectivity index (χ0) is 18.2. The lowest BCUT2D eigenvalue weighted by Gasteiger charge is -2.25. The van der Waals surface area contributed by atoms with Crippen molar-refractivity contribution in [3.8, 4) is 0 Å². The summed E-state index contributed by atoms with van der Waals surface area (Å²) in [5.74, 6) is 0.0570. The number of nitrogens with zero attached hydrogens (tertiary/aromatic N) is 1. The second kappa shape index (κ2) is 9.85. The summed E-state index contributed by atoms with van der Waals surface area (Å²) in [7, 11) is 0. The van der Waals surface area contributed by atoms with Crippen molar-refractivity contribution in [3.63, 3.8) is 0 Å². The van der Waals surface area contributed by atoms with Crippen LogP contribution in [0.3, 0.4) is 0 Å². The van der Waals surface area contributed by atoms with Crippen molar-refractivity contribution in [3.05, 3.63) is 44.8 Å². The smallest absolute Gasteiger partial charge is 0.261 e. The topological polar surface area (TPSA) is 58.6 Å². The van der Waals surface area contributed by atoms with E-state index in [4.69, 9.17) is 4.74 Å². The average molecular weight is 393 g/mol. The fourth-order valence-corrected chi connectivity index (χ4v) is 4.33. The third-order valence-electron chi connectivity index (χ3n) is 4.33. The second-order valence-electron chi connectivity index (χ2n) is 6.33. The zero-order valence-electron chi connectivity index (χ0n) is 14.7. The molecule has 140 valence electrons. The van der Waals surface area contributed by atoms with Crippen LogP contribution in [-0.2, 0) is 16.1 Å². The van der Waals surface area contributed by atoms with Gasteiger partial charge < -0.3 is 15.0 Å². The molecule has 1 unspecified atom stereocenters. The number of nitrogens with one attached hydrogen (secondary N) is 1. The first-order chi connectivity index (χ1) is 12.7. The number of thiophene rings is 2. The van der Waals surface area contributed by atoms with Gasteiger partial charge in [0.25, 0.3) is 5.91 Å². The molecule has 0 spiro atoms. The van der Waals surface area contributed by atoms with Crippen molar-refractivity contribution in [1.82, 2.24) is 10.2 Å². The van der Waals surface area contributed by atoms with E-state index in [1.807, 2.05) is 27.8 Å². The fraction of sp³-hybridized carbons (Fsp3) is 0.474. The molecule has 1 aliphatic heterocycles. The molecule has 1 aliphatic rings. The summed E-state index contributed by atoms with van der Waals surface area (Å²) in [5.41, 5.74) is 0. The summed E-state index contributed by atoms with van der Waals surface area (Å²) < 4.78 is 5.70. The van der Waals surface area contributed by atoms with Crippen molar-refractivity contribution >= 4 is 34.5 Å². The molecule has 0 bridgehead atoms. The van der Waals surface area contributed by atoms with Crippen molar-refractivity contribution in [1.29, 1.82) is 0 Å². The molecule has 5 nitrogen and oxygen atoms in total. The summed E-state index contributed by atoms with van der Waals surface area (Å²) in [5, 5.41) is 6.79. The third kappa shape index (κ3) is 5.65. The first-order valence-corrected chi connectivity index (χ1v) is 10.7. The van der Waals surface area contributed by atoms with Crippen molar-refractivity contribution in [2.75, 3.05) is 19.7 Å². The Balaban J connectivity index is 1.45. The molecule has 1 fully saturated rings. The number of ether oxygens (including phenoxy) is 1. The van der Waals surface area contributed by atoms with E-state index in [1.165, 1.54) is 16.2 Å². The van der Waals surface area contributed by atoms with Crippen LogP contribution in [0.4, 0.5) is 0 Å². The van der Waals surface area contributed by atoms with Gasteiger partial charge in [-0.1, -0.05) is 12.1 Å². The van der Waals surface area contributed by atoms with Crippen LogP contribution in [0.25, 0.3) is 0 Å². The maximum Gasteiger partial charge on any atom is 0.261 e. The summed E-state index contributed by atoms with van der Waals surface area (Å²) in [4.78, 5) is 28.4. The van der Waals surface area contributed by atoms with E-state index >= 15 is 0 Å². The van der Waals surface area contributed by atoms with Gasteiger partial charge in [-0.25, -0.2) is 0 Å². The molecular weight excluding hydrogens is 368 g/mol. The summed E-state index contributed by atoms with van der Waals surface area (Å²) >= 11 is 3.09. The predicted molar refractivity (Wildman–Crippen MR) is 105 cm³/mol. The normalized spacial score (nSPS) is 16.5. The highest BCUT2D eigenvalue weighted by Gasteiger charge is 2.22. The molecule has 2 amide bonds. The van der Waals surface area contributed by atoms with Crippen LogP contribution in [0.2, 0.25) is 0 Å². The van der Waals surface area contributed by atoms with Crippen molar-refractivity contribution in [2.45, 2.75) is 38.3 Å². The van der Waals surface area contributed by atoms with Crippen LogP contribution in [0.1, 0.15) is 40.2 Å². The third-order valence-corrected chi connectivity index (χ3v) is 6.06. The van der Waals surface area contributed by atoms with E-state index in [0.717, 1.165) is 19.4 Å². The molecule has 3 heterocycles. The molecule has 0 aromatic carbocycles. The van der Waals surface area contributed by atoms with E-state index in [-0.39, 0.29) is 17.9 Å². The zero-order valence-corrected chi connectivity index (χ0v) is 16.3. The highest BCUT2D eigenvalue weighted by atomic mass is 32.1. The Morgan fingerprint density at radius 2 is 2.08 bits per heavy atom. The lowest BCUT2D eigenvalue weighted by Crippen LogP contribution is -2.37. The minimum Gasteiger partial charge on any atom is -0.376 e. The molecule has 0 saturated carbocycles. The standard InChI is InChI=1S/C19H24N2O3S2/c22-18(8-1-9-20-19(23)17-7-4-12-26-17)21(13-15-5-2-10-24-15)14-16-6-3-11-25-16/h3-4,6-7,11-12,15H,1-2,5,8-10,13-14H2,(H,20,23). The van der Waals surface area contributed by atoms with Gasteiger partial charge in [0.1, 0.15) is 0 Å². The Hall–Kier alpha value is -1.70. The second-order valence-corrected chi connectivity index (χ2v) is 8.31. The monoisotopic (exact) mass is 392 g/mol.